The molecule has 0 amide bonds. The molecule has 0 saturated heterocycles. The van der Waals surface area contributed by atoms with E-state index in [1.807, 2.05) is 49.6 Å². The van der Waals surface area contributed by atoms with Gasteiger partial charge in [0.2, 0.25) is 0 Å². The van der Waals surface area contributed by atoms with Gasteiger partial charge in [0.05, 0.1) is 5.60 Å². The van der Waals surface area contributed by atoms with Crippen molar-refractivity contribution < 1.29 is 19.7 Å². The molecular weight excluding hydrogens is 460 g/mol. The van der Waals surface area contributed by atoms with Crippen LogP contribution < -0.4 is 4.74 Å². The van der Waals surface area contributed by atoms with E-state index in [9.17, 15) is 15.0 Å². The first kappa shape index (κ1) is 24.1. The smallest absolute Gasteiger partial charge is 0.169 e. The maximum absolute atomic E-state index is 13.9. The number of hydrogen-bond donors (Lipinski definition) is 2. The van der Waals surface area contributed by atoms with Crippen LogP contribution in [0.15, 0.2) is 54.3 Å². The zero-order valence-corrected chi connectivity index (χ0v) is 21.4. The zero-order chi connectivity index (χ0) is 25.1. The number of Topliss-reactive ketones (excluding diaryl/α,β-unsaturated/α-hetero) is 1. The van der Waals surface area contributed by atoms with Crippen LogP contribution in [0.1, 0.15) is 73.4 Å². The highest BCUT2D eigenvalue weighted by atomic mass is 32.1. The minimum Gasteiger partial charge on any atom is -0.489 e. The number of rotatable bonds is 5. The average molecular weight is 493 g/mol. The van der Waals surface area contributed by atoms with Crippen LogP contribution in [-0.2, 0) is 17.6 Å². The molecule has 3 aromatic rings. The molecule has 184 valence electrons. The molecule has 4 atom stereocenters. The Morgan fingerprint density at radius 3 is 2.51 bits per heavy atom. The number of aliphatic hydroxyl groups is 2. The fourth-order valence-electron chi connectivity index (χ4n) is 6.52. The van der Waals surface area contributed by atoms with Gasteiger partial charge in [-0.2, -0.15) is 0 Å². The lowest BCUT2D eigenvalue weighted by Gasteiger charge is -2.61. The maximum atomic E-state index is 13.9. The SMILES string of the molecule is CCC12CC(C)(O)C(O)(c3nccs3)C[C@H]1C(C)(C)C(=O)c1cc(OCc3ccncc3)ccc12. The number of carbonyl (C=O) groups excluding carboxylic acids is 1. The van der Waals surface area contributed by atoms with E-state index in [0.29, 0.717) is 29.3 Å². The molecule has 2 aromatic heterocycles. The first-order valence-electron chi connectivity index (χ1n) is 12.1. The Hall–Kier alpha value is -2.61. The fourth-order valence-corrected chi connectivity index (χ4v) is 7.39. The number of fused-ring (bicyclic) bond motifs is 3. The van der Waals surface area contributed by atoms with Gasteiger partial charge >= 0.3 is 0 Å². The monoisotopic (exact) mass is 492 g/mol. The molecule has 0 bridgehead atoms. The normalized spacial score (nSPS) is 31.5. The molecule has 1 fully saturated rings. The van der Waals surface area contributed by atoms with E-state index >= 15 is 0 Å². The van der Waals surface area contributed by atoms with Crippen LogP contribution in [0.2, 0.25) is 0 Å². The van der Waals surface area contributed by atoms with Crippen LogP contribution in [0.5, 0.6) is 5.75 Å². The number of aromatic nitrogens is 2. The molecule has 35 heavy (non-hydrogen) atoms. The molecule has 3 unspecified atom stereocenters. The van der Waals surface area contributed by atoms with E-state index in [-0.39, 0.29) is 18.1 Å². The summed E-state index contributed by atoms with van der Waals surface area (Å²) in [7, 11) is 0. The summed E-state index contributed by atoms with van der Waals surface area (Å²) in [6.45, 7) is 8.15. The fraction of sp³-hybridized carbons (Fsp3) is 0.464. The molecule has 2 aliphatic rings. The molecule has 1 saturated carbocycles. The quantitative estimate of drug-likeness (QED) is 0.519. The second kappa shape index (κ2) is 8.22. The van der Waals surface area contributed by atoms with Crippen molar-refractivity contribution in [3.63, 3.8) is 0 Å². The third-order valence-corrected chi connectivity index (χ3v) is 9.44. The van der Waals surface area contributed by atoms with Gasteiger partial charge in [-0.1, -0.05) is 26.8 Å². The Balaban J connectivity index is 1.58. The lowest BCUT2D eigenvalue weighted by molar-refractivity contribution is -0.213. The molecule has 2 aliphatic carbocycles. The zero-order valence-electron chi connectivity index (χ0n) is 20.6. The van der Waals surface area contributed by atoms with Gasteiger partial charge in [-0.3, -0.25) is 9.78 Å². The molecule has 0 radical (unpaired) electrons. The lowest BCUT2D eigenvalue weighted by atomic mass is 9.44. The highest BCUT2D eigenvalue weighted by Crippen LogP contribution is 2.64. The van der Waals surface area contributed by atoms with Gasteiger partial charge in [0, 0.05) is 40.4 Å². The van der Waals surface area contributed by atoms with Gasteiger partial charge < -0.3 is 14.9 Å². The van der Waals surface area contributed by atoms with Crippen LogP contribution in [0, 0.1) is 11.3 Å². The van der Waals surface area contributed by atoms with Gasteiger partial charge in [-0.25, -0.2) is 4.98 Å². The molecule has 7 heteroatoms. The number of thiazole rings is 1. The van der Waals surface area contributed by atoms with Crippen molar-refractivity contribution in [2.75, 3.05) is 0 Å². The largest absolute Gasteiger partial charge is 0.489 e. The molecule has 1 aromatic carbocycles. The highest BCUT2D eigenvalue weighted by Gasteiger charge is 2.66. The molecule has 0 aliphatic heterocycles. The second-order valence-corrected chi connectivity index (χ2v) is 11.7. The molecule has 5 rings (SSSR count). The van der Waals surface area contributed by atoms with Gasteiger partial charge in [0.25, 0.3) is 0 Å². The topological polar surface area (TPSA) is 92.5 Å². The molecule has 0 spiro atoms. The number of hydrogen-bond acceptors (Lipinski definition) is 7. The summed E-state index contributed by atoms with van der Waals surface area (Å²) in [6, 6.07) is 9.56. The molecular formula is C28H32N2O4S. The summed E-state index contributed by atoms with van der Waals surface area (Å²) in [6.07, 6.45) is 6.44. The Morgan fingerprint density at radius 2 is 1.86 bits per heavy atom. The summed E-state index contributed by atoms with van der Waals surface area (Å²) in [5.41, 5.74) is -1.56. The van der Waals surface area contributed by atoms with Crippen LogP contribution >= 0.6 is 11.3 Å². The summed E-state index contributed by atoms with van der Waals surface area (Å²) in [5, 5.41) is 25.9. The summed E-state index contributed by atoms with van der Waals surface area (Å²) >= 11 is 1.34. The average Bonchev–Trinajstić information content (AvgIpc) is 3.39. The van der Waals surface area contributed by atoms with E-state index < -0.39 is 22.0 Å². The summed E-state index contributed by atoms with van der Waals surface area (Å²) < 4.78 is 6.02. The van der Waals surface area contributed by atoms with Crippen molar-refractivity contribution in [2.45, 2.75) is 70.2 Å². The van der Waals surface area contributed by atoms with E-state index in [1.165, 1.54) is 11.3 Å². The van der Waals surface area contributed by atoms with Gasteiger partial charge in [0.15, 0.2) is 5.78 Å². The van der Waals surface area contributed by atoms with Crippen molar-refractivity contribution >= 4 is 17.1 Å². The standard InChI is InChI=1S/C28H32N2O4S/c1-5-27-17-26(4,32)28(33,24-30-12-13-35-24)15-22(27)25(2,3)23(31)20-14-19(6-7-21(20)27)34-16-18-8-10-29-11-9-18/h6-14,22,32-33H,5,15-17H2,1-4H3/t22-,26?,27?,28?/m0/s1. The van der Waals surface area contributed by atoms with Crippen LogP contribution in [0.4, 0.5) is 0 Å². The van der Waals surface area contributed by atoms with Gasteiger partial charge in [0.1, 0.15) is 23.0 Å². The maximum Gasteiger partial charge on any atom is 0.169 e. The van der Waals surface area contributed by atoms with Gasteiger partial charge in [-0.05, 0) is 67.5 Å². The first-order chi connectivity index (χ1) is 16.5. The van der Waals surface area contributed by atoms with E-state index in [0.717, 1.165) is 17.5 Å². The lowest BCUT2D eigenvalue weighted by Crippen LogP contribution is -2.66. The van der Waals surface area contributed by atoms with Crippen LogP contribution in [0.25, 0.3) is 0 Å². The van der Waals surface area contributed by atoms with E-state index in [4.69, 9.17) is 4.74 Å². The molecule has 2 N–H and O–H groups in total. The number of pyridine rings is 1. The van der Waals surface area contributed by atoms with Crippen molar-refractivity contribution in [3.8, 4) is 5.75 Å². The minimum absolute atomic E-state index is 0.0407. The van der Waals surface area contributed by atoms with E-state index in [2.05, 4.69) is 16.9 Å². The van der Waals surface area contributed by atoms with Crippen LogP contribution in [-0.4, -0.2) is 31.6 Å². The third kappa shape index (κ3) is 3.55. The van der Waals surface area contributed by atoms with Crippen molar-refractivity contribution in [1.29, 1.82) is 0 Å². The predicted molar refractivity (Wildman–Crippen MR) is 134 cm³/mol. The van der Waals surface area contributed by atoms with Crippen molar-refractivity contribution in [1.82, 2.24) is 9.97 Å². The van der Waals surface area contributed by atoms with Crippen molar-refractivity contribution in [2.24, 2.45) is 11.3 Å². The highest BCUT2D eigenvalue weighted by molar-refractivity contribution is 7.09. The minimum atomic E-state index is -1.52. The third-order valence-electron chi connectivity index (χ3n) is 8.52. The number of ether oxygens (including phenoxy) is 1. The predicted octanol–water partition coefficient (Wildman–Crippen LogP) is 5.04. The molecule has 2 heterocycles. The Morgan fingerprint density at radius 1 is 1.11 bits per heavy atom. The Bertz CT molecular complexity index is 1240. The molecule has 6 nitrogen and oxygen atoms in total. The number of ketones is 1. The summed E-state index contributed by atoms with van der Waals surface area (Å²) in [5.74, 6) is 0.507. The number of nitrogens with zero attached hydrogens (tertiary/aromatic N) is 2. The Kier molecular flexibility index (Phi) is 5.66. The second-order valence-electron chi connectivity index (χ2n) is 10.8. The first-order valence-corrected chi connectivity index (χ1v) is 13.0. The Labute approximate surface area is 210 Å². The van der Waals surface area contributed by atoms with Crippen molar-refractivity contribution in [3.05, 3.63) is 76.0 Å². The van der Waals surface area contributed by atoms with Gasteiger partial charge in [-0.15, -0.1) is 11.3 Å². The van der Waals surface area contributed by atoms with Crippen LogP contribution in [0.3, 0.4) is 0 Å². The number of carbonyl (C=O) groups is 1. The van der Waals surface area contributed by atoms with E-state index in [1.54, 1.807) is 25.5 Å². The summed E-state index contributed by atoms with van der Waals surface area (Å²) in [4.78, 5) is 22.3. The number of benzene rings is 1.